The standard InChI is InChI=1S/C19H24N4O3.ClH/c1-4-26-16-10-7-13(11-15(16)23(2)3)17(19(24)25)22-14-8-5-12(6-9-14)18(20)21;/h5-11,17,22H,4H2,1-3H3,(H3,20,21)(H,24,25);1H/p-1. The highest BCUT2D eigenvalue weighted by atomic mass is 35.5. The van der Waals surface area contributed by atoms with Crippen LogP contribution in [0.4, 0.5) is 11.4 Å². The molecule has 2 aromatic carbocycles. The Balaban J connectivity index is 0.00000364. The maximum absolute atomic E-state index is 11.7. The molecule has 0 saturated heterocycles. The van der Waals surface area contributed by atoms with Crippen LogP contribution in [0.2, 0.25) is 0 Å². The molecule has 4 N–H and O–H groups in total. The SMILES string of the molecule is CCOc1ccc(C(Nc2ccc(C(=N)N)cc2)C(=O)[O-])cc1N(C)C.Cl. The van der Waals surface area contributed by atoms with Gasteiger partial charge in [0.2, 0.25) is 0 Å². The molecule has 0 spiro atoms. The molecule has 1 atom stereocenters. The van der Waals surface area contributed by atoms with Gasteiger partial charge in [0, 0.05) is 25.3 Å². The molecule has 0 aromatic heterocycles. The first-order chi connectivity index (χ1) is 12.3. The largest absolute Gasteiger partial charge is 0.548 e. The molecular formula is C19H24ClN4O3-. The second kappa shape index (κ2) is 9.68. The maximum atomic E-state index is 11.7. The van der Waals surface area contributed by atoms with Crippen molar-refractivity contribution >= 4 is 35.6 Å². The molecule has 0 heterocycles. The van der Waals surface area contributed by atoms with Gasteiger partial charge in [-0.1, -0.05) is 6.07 Å². The van der Waals surface area contributed by atoms with E-state index >= 15 is 0 Å². The number of carbonyl (C=O) groups excluding carboxylic acids is 1. The van der Waals surface area contributed by atoms with Crippen molar-refractivity contribution in [3.8, 4) is 5.75 Å². The fourth-order valence-electron chi connectivity index (χ4n) is 2.53. The van der Waals surface area contributed by atoms with Crippen LogP contribution in [0.5, 0.6) is 5.75 Å². The predicted molar refractivity (Wildman–Crippen MR) is 108 cm³/mol. The summed E-state index contributed by atoms with van der Waals surface area (Å²) in [5.74, 6) is -0.603. The minimum atomic E-state index is -1.24. The molecule has 1 unspecified atom stereocenters. The van der Waals surface area contributed by atoms with Gasteiger partial charge in [-0.3, -0.25) is 5.41 Å². The van der Waals surface area contributed by atoms with Crippen molar-refractivity contribution in [3.63, 3.8) is 0 Å². The van der Waals surface area contributed by atoms with Crippen molar-refractivity contribution < 1.29 is 14.6 Å². The van der Waals surface area contributed by atoms with Crippen LogP contribution in [-0.4, -0.2) is 32.5 Å². The number of rotatable bonds is 8. The van der Waals surface area contributed by atoms with Crippen molar-refractivity contribution in [1.29, 1.82) is 5.41 Å². The molecule has 2 rings (SSSR count). The molecule has 2 aromatic rings. The molecule has 0 radical (unpaired) electrons. The lowest BCUT2D eigenvalue weighted by atomic mass is 10.0. The number of hydrogen-bond acceptors (Lipinski definition) is 6. The molecule has 0 aliphatic rings. The van der Waals surface area contributed by atoms with Crippen LogP contribution in [0.25, 0.3) is 0 Å². The van der Waals surface area contributed by atoms with Gasteiger partial charge >= 0.3 is 0 Å². The fraction of sp³-hybridized carbons (Fsp3) is 0.263. The first-order valence-corrected chi connectivity index (χ1v) is 8.19. The number of nitrogens with zero attached hydrogens (tertiary/aromatic N) is 1. The van der Waals surface area contributed by atoms with Crippen molar-refractivity contribution in [2.24, 2.45) is 5.73 Å². The minimum absolute atomic E-state index is 0. The summed E-state index contributed by atoms with van der Waals surface area (Å²) in [5.41, 5.74) is 7.91. The Morgan fingerprint density at radius 1 is 1.26 bits per heavy atom. The molecule has 0 aliphatic carbocycles. The van der Waals surface area contributed by atoms with Crippen molar-refractivity contribution in [2.45, 2.75) is 13.0 Å². The third-order valence-corrected chi connectivity index (χ3v) is 3.84. The Kier molecular flexibility index (Phi) is 7.93. The van der Waals surface area contributed by atoms with Crippen LogP contribution in [-0.2, 0) is 4.79 Å². The van der Waals surface area contributed by atoms with Crippen LogP contribution in [0.15, 0.2) is 42.5 Å². The number of carboxylic acid groups (broad SMARTS) is 1. The van der Waals surface area contributed by atoms with Gasteiger partial charge in [-0.05, 0) is 48.9 Å². The molecule has 0 aliphatic heterocycles. The van der Waals surface area contributed by atoms with Crippen molar-refractivity contribution in [3.05, 3.63) is 53.6 Å². The fourth-order valence-corrected chi connectivity index (χ4v) is 2.53. The topological polar surface area (TPSA) is 114 Å². The van der Waals surface area contributed by atoms with Gasteiger partial charge in [0.1, 0.15) is 11.6 Å². The number of aliphatic carboxylic acids is 1. The van der Waals surface area contributed by atoms with E-state index < -0.39 is 12.0 Å². The van der Waals surface area contributed by atoms with Crippen molar-refractivity contribution in [1.82, 2.24) is 0 Å². The summed E-state index contributed by atoms with van der Waals surface area (Å²) in [6.07, 6.45) is 0. The Bertz CT molecular complexity index is 794. The average molecular weight is 392 g/mol. The Labute approximate surface area is 165 Å². The summed E-state index contributed by atoms with van der Waals surface area (Å²) in [6, 6.07) is 10.8. The monoisotopic (exact) mass is 391 g/mol. The maximum Gasteiger partial charge on any atom is 0.142 e. The van der Waals surface area contributed by atoms with E-state index in [1.54, 1.807) is 42.5 Å². The number of carboxylic acids is 1. The summed E-state index contributed by atoms with van der Waals surface area (Å²) < 4.78 is 5.59. The van der Waals surface area contributed by atoms with Crippen LogP contribution < -0.4 is 25.8 Å². The highest BCUT2D eigenvalue weighted by Crippen LogP contribution is 2.31. The summed E-state index contributed by atoms with van der Waals surface area (Å²) in [4.78, 5) is 13.6. The van der Waals surface area contributed by atoms with Gasteiger partial charge in [0.15, 0.2) is 0 Å². The number of carbonyl (C=O) groups is 1. The van der Waals surface area contributed by atoms with Crippen LogP contribution in [0.1, 0.15) is 24.1 Å². The molecule has 8 heteroatoms. The number of nitrogen functional groups attached to an aromatic ring is 1. The number of ether oxygens (including phenoxy) is 1. The van der Waals surface area contributed by atoms with E-state index in [1.807, 2.05) is 25.9 Å². The molecule has 0 amide bonds. The summed E-state index contributed by atoms with van der Waals surface area (Å²) in [6.45, 7) is 2.41. The third-order valence-electron chi connectivity index (χ3n) is 3.84. The zero-order valence-electron chi connectivity index (χ0n) is 15.5. The lowest BCUT2D eigenvalue weighted by Crippen LogP contribution is -2.34. The second-order valence-electron chi connectivity index (χ2n) is 5.94. The molecule has 0 saturated carbocycles. The first kappa shape index (κ1) is 22.1. The van der Waals surface area contributed by atoms with E-state index in [0.717, 1.165) is 5.69 Å². The highest BCUT2D eigenvalue weighted by Gasteiger charge is 2.16. The predicted octanol–water partition coefficient (Wildman–Crippen LogP) is 1.76. The van der Waals surface area contributed by atoms with Crippen LogP contribution in [0, 0.1) is 5.41 Å². The van der Waals surface area contributed by atoms with E-state index in [0.29, 0.717) is 29.2 Å². The molecule has 0 bridgehead atoms. The normalized spacial score (nSPS) is 11.1. The van der Waals surface area contributed by atoms with Gasteiger partial charge in [-0.15, -0.1) is 12.4 Å². The lowest BCUT2D eigenvalue weighted by molar-refractivity contribution is -0.307. The summed E-state index contributed by atoms with van der Waals surface area (Å²) in [7, 11) is 3.73. The van der Waals surface area contributed by atoms with Gasteiger partial charge in [0.05, 0.1) is 24.3 Å². The summed E-state index contributed by atoms with van der Waals surface area (Å²) >= 11 is 0. The Hall–Kier alpha value is -2.93. The quantitative estimate of drug-likeness (QED) is 0.466. The minimum Gasteiger partial charge on any atom is -0.548 e. The molecule has 146 valence electrons. The average Bonchev–Trinajstić information content (AvgIpc) is 2.60. The number of nitrogens with two attached hydrogens (primary N) is 1. The third kappa shape index (κ3) is 5.52. The van der Waals surface area contributed by atoms with E-state index in [4.69, 9.17) is 15.9 Å². The lowest BCUT2D eigenvalue weighted by Gasteiger charge is -2.24. The zero-order valence-corrected chi connectivity index (χ0v) is 16.3. The first-order valence-electron chi connectivity index (χ1n) is 8.19. The Morgan fingerprint density at radius 3 is 2.37 bits per heavy atom. The Morgan fingerprint density at radius 2 is 1.89 bits per heavy atom. The van der Waals surface area contributed by atoms with Gasteiger partial charge in [-0.25, -0.2) is 0 Å². The highest BCUT2D eigenvalue weighted by molar-refractivity contribution is 5.95. The molecular weight excluding hydrogens is 368 g/mol. The van der Waals surface area contributed by atoms with Gasteiger partial charge < -0.3 is 30.6 Å². The molecule has 7 nitrogen and oxygen atoms in total. The zero-order chi connectivity index (χ0) is 19.3. The molecule has 27 heavy (non-hydrogen) atoms. The molecule has 0 fully saturated rings. The van der Waals surface area contributed by atoms with E-state index in [1.165, 1.54) is 0 Å². The van der Waals surface area contributed by atoms with Gasteiger partial charge in [0.25, 0.3) is 0 Å². The number of halogens is 1. The van der Waals surface area contributed by atoms with Crippen LogP contribution >= 0.6 is 12.4 Å². The van der Waals surface area contributed by atoms with Crippen LogP contribution in [0.3, 0.4) is 0 Å². The van der Waals surface area contributed by atoms with E-state index in [2.05, 4.69) is 5.32 Å². The number of benzene rings is 2. The van der Waals surface area contributed by atoms with Crippen molar-refractivity contribution in [2.75, 3.05) is 30.9 Å². The number of hydrogen-bond donors (Lipinski definition) is 3. The van der Waals surface area contributed by atoms with E-state index in [9.17, 15) is 9.90 Å². The second-order valence-corrected chi connectivity index (χ2v) is 5.94. The van der Waals surface area contributed by atoms with E-state index in [-0.39, 0.29) is 18.2 Å². The van der Waals surface area contributed by atoms with Gasteiger partial charge in [-0.2, -0.15) is 0 Å². The number of anilines is 2. The number of amidine groups is 1. The summed E-state index contributed by atoms with van der Waals surface area (Å²) in [5, 5.41) is 22.0. The number of nitrogens with one attached hydrogen (secondary N) is 2. The smallest absolute Gasteiger partial charge is 0.142 e.